The van der Waals surface area contributed by atoms with Crippen LogP contribution in [0.4, 0.5) is 8.78 Å². The second kappa shape index (κ2) is 4.92. The molecule has 0 radical (unpaired) electrons. The van der Waals surface area contributed by atoms with Crippen molar-refractivity contribution in [2.45, 2.75) is 13.5 Å². The van der Waals surface area contributed by atoms with Crippen LogP contribution in [0, 0.1) is 6.92 Å². The normalized spacial score (nSPS) is 11.2. The fourth-order valence-electron chi connectivity index (χ4n) is 2.05. The van der Waals surface area contributed by atoms with Crippen LogP contribution in [0.1, 0.15) is 5.56 Å². The lowest BCUT2D eigenvalue weighted by atomic mass is 10.2. The number of nitrogens with one attached hydrogen (secondary N) is 1. The van der Waals surface area contributed by atoms with Crippen LogP contribution in [-0.2, 0) is 0 Å². The molecule has 0 saturated carbocycles. The number of nitrogens with zero attached hydrogens (tertiary/aromatic N) is 1. The molecule has 0 bridgehead atoms. The Labute approximate surface area is 114 Å². The lowest BCUT2D eigenvalue weighted by molar-refractivity contribution is -0.0498. The minimum absolute atomic E-state index is 0.135. The number of H-pyrrole nitrogens is 1. The van der Waals surface area contributed by atoms with Gasteiger partial charge in [0, 0.05) is 5.56 Å². The van der Waals surface area contributed by atoms with Crippen LogP contribution in [0.15, 0.2) is 42.5 Å². The largest absolute Gasteiger partial charge is 0.435 e. The lowest BCUT2D eigenvalue weighted by Crippen LogP contribution is -2.01. The quantitative estimate of drug-likeness (QED) is 0.779. The number of aromatic amines is 1. The highest BCUT2D eigenvalue weighted by molar-refractivity contribution is 5.80. The van der Waals surface area contributed by atoms with Crippen LogP contribution in [-0.4, -0.2) is 16.6 Å². The first-order valence-corrected chi connectivity index (χ1v) is 6.13. The average molecular weight is 274 g/mol. The van der Waals surface area contributed by atoms with Crippen molar-refractivity contribution in [1.82, 2.24) is 9.97 Å². The molecule has 0 unspecified atom stereocenters. The molecule has 3 nitrogen and oxygen atoms in total. The van der Waals surface area contributed by atoms with Crippen molar-refractivity contribution in [2.24, 2.45) is 0 Å². The van der Waals surface area contributed by atoms with Gasteiger partial charge in [-0.1, -0.05) is 6.07 Å². The van der Waals surface area contributed by atoms with Crippen molar-refractivity contribution in [3.8, 4) is 17.1 Å². The standard InChI is InChI=1S/C15H12F2N2O/c1-9-2-7-12-13(8-9)19-14(18-12)10-3-5-11(6-4-10)20-15(16)17/h2-8,15H,1H3,(H,18,19). The summed E-state index contributed by atoms with van der Waals surface area (Å²) in [5.41, 5.74) is 3.79. The minimum Gasteiger partial charge on any atom is -0.435 e. The molecule has 0 atom stereocenters. The van der Waals surface area contributed by atoms with Crippen molar-refractivity contribution in [1.29, 1.82) is 0 Å². The highest BCUT2D eigenvalue weighted by atomic mass is 19.3. The summed E-state index contributed by atoms with van der Waals surface area (Å²) in [6.45, 7) is -0.800. The average Bonchev–Trinajstić information content (AvgIpc) is 2.81. The number of hydrogen-bond acceptors (Lipinski definition) is 2. The first-order chi connectivity index (χ1) is 9.61. The molecule has 0 fully saturated rings. The summed E-state index contributed by atoms with van der Waals surface area (Å²) in [7, 11) is 0. The van der Waals surface area contributed by atoms with Crippen LogP contribution in [0.25, 0.3) is 22.4 Å². The number of ether oxygens (including phenoxy) is 1. The Balaban J connectivity index is 1.94. The molecule has 5 heteroatoms. The Hall–Kier alpha value is -2.43. The van der Waals surface area contributed by atoms with E-state index in [9.17, 15) is 8.78 Å². The van der Waals surface area contributed by atoms with Crippen molar-refractivity contribution in [3.05, 3.63) is 48.0 Å². The summed E-state index contributed by atoms with van der Waals surface area (Å²) >= 11 is 0. The van der Waals surface area contributed by atoms with Crippen LogP contribution in [0.3, 0.4) is 0 Å². The number of imidazole rings is 1. The van der Waals surface area contributed by atoms with Crippen LogP contribution in [0.5, 0.6) is 5.75 Å². The van der Waals surface area contributed by atoms with E-state index >= 15 is 0 Å². The molecule has 0 spiro atoms. The summed E-state index contributed by atoms with van der Waals surface area (Å²) in [5, 5.41) is 0. The van der Waals surface area contributed by atoms with E-state index in [4.69, 9.17) is 0 Å². The summed E-state index contributed by atoms with van der Waals surface area (Å²) in [6.07, 6.45) is 0. The molecular formula is C15H12F2N2O. The Morgan fingerprint density at radius 2 is 1.85 bits per heavy atom. The third kappa shape index (κ3) is 2.47. The molecule has 0 aliphatic carbocycles. The SMILES string of the molecule is Cc1ccc2nc(-c3ccc(OC(F)F)cc3)[nH]c2c1. The van der Waals surface area contributed by atoms with Gasteiger partial charge in [0.15, 0.2) is 0 Å². The number of alkyl halides is 2. The molecule has 0 aliphatic heterocycles. The van der Waals surface area contributed by atoms with Crippen LogP contribution >= 0.6 is 0 Å². The molecule has 1 heterocycles. The molecule has 3 rings (SSSR count). The number of hydrogen-bond donors (Lipinski definition) is 1. The predicted molar refractivity (Wildman–Crippen MR) is 72.9 cm³/mol. The molecule has 102 valence electrons. The van der Waals surface area contributed by atoms with Crippen LogP contribution < -0.4 is 4.74 Å². The summed E-state index contributed by atoms with van der Waals surface area (Å²) in [5.74, 6) is 0.838. The maximum atomic E-state index is 12.1. The van der Waals surface area contributed by atoms with Gasteiger partial charge in [0.1, 0.15) is 11.6 Å². The molecule has 20 heavy (non-hydrogen) atoms. The predicted octanol–water partition coefficient (Wildman–Crippen LogP) is 4.14. The number of aryl methyl sites for hydroxylation is 1. The number of fused-ring (bicyclic) bond motifs is 1. The number of benzene rings is 2. The first kappa shape index (κ1) is 12.6. The van der Waals surface area contributed by atoms with E-state index in [1.807, 2.05) is 25.1 Å². The highest BCUT2D eigenvalue weighted by Crippen LogP contribution is 2.24. The van der Waals surface area contributed by atoms with Gasteiger partial charge in [0.05, 0.1) is 11.0 Å². The summed E-state index contributed by atoms with van der Waals surface area (Å²) in [4.78, 5) is 7.68. The van der Waals surface area contributed by atoms with E-state index in [-0.39, 0.29) is 5.75 Å². The van der Waals surface area contributed by atoms with E-state index < -0.39 is 6.61 Å². The van der Waals surface area contributed by atoms with Crippen molar-refractivity contribution < 1.29 is 13.5 Å². The van der Waals surface area contributed by atoms with E-state index in [2.05, 4.69) is 14.7 Å². The zero-order chi connectivity index (χ0) is 14.1. The van der Waals surface area contributed by atoms with Gasteiger partial charge in [-0.2, -0.15) is 8.78 Å². The molecule has 0 saturated heterocycles. The lowest BCUT2D eigenvalue weighted by Gasteiger charge is -2.04. The fraction of sp³-hybridized carbons (Fsp3) is 0.133. The van der Waals surface area contributed by atoms with Gasteiger partial charge >= 0.3 is 6.61 Å². The summed E-state index contributed by atoms with van der Waals surface area (Å²) in [6, 6.07) is 12.3. The Kier molecular flexibility index (Phi) is 3.10. The van der Waals surface area contributed by atoms with Gasteiger partial charge in [0.2, 0.25) is 0 Å². The van der Waals surface area contributed by atoms with Gasteiger partial charge in [-0.05, 0) is 48.9 Å². The minimum atomic E-state index is -2.81. The molecule has 0 aliphatic rings. The second-order valence-electron chi connectivity index (χ2n) is 4.51. The monoisotopic (exact) mass is 274 g/mol. The van der Waals surface area contributed by atoms with Gasteiger partial charge < -0.3 is 9.72 Å². The maximum Gasteiger partial charge on any atom is 0.387 e. The zero-order valence-electron chi connectivity index (χ0n) is 10.7. The van der Waals surface area contributed by atoms with E-state index in [0.29, 0.717) is 5.82 Å². The number of aromatic nitrogens is 2. The Morgan fingerprint density at radius 1 is 1.10 bits per heavy atom. The molecule has 1 N–H and O–H groups in total. The molecular weight excluding hydrogens is 262 g/mol. The van der Waals surface area contributed by atoms with Crippen molar-refractivity contribution >= 4 is 11.0 Å². The third-order valence-corrected chi connectivity index (χ3v) is 2.99. The molecule has 2 aromatic carbocycles. The first-order valence-electron chi connectivity index (χ1n) is 6.13. The zero-order valence-corrected chi connectivity index (χ0v) is 10.7. The molecule has 1 aromatic heterocycles. The van der Waals surface area contributed by atoms with Gasteiger partial charge in [0.25, 0.3) is 0 Å². The molecule has 0 amide bonds. The maximum absolute atomic E-state index is 12.1. The van der Waals surface area contributed by atoms with Crippen molar-refractivity contribution in [2.75, 3.05) is 0 Å². The Morgan fingerprint density at radius 3 is 2.55 bits per heavy atom. The van der Waals surface area contributed by atoms with Crippen molar-refractivity contribution in [3.63, 3.8) is 0 Å². The third-order valence-electron chi connectivity index (χ3n) is 2.99. The van der Waals surface area contributed by atoms with Gasteiger partial charge in [-0.15, -0.1) is 0 Å². The van der Waals surface area contributed by atoms with Gasteiger partial charge in [-0.25, -0.2) is 4.98 Å². The second-order valence-corrected chi connectivity index (χ2v) is 4.51. The van der Waals surface area contributed by atoms with Gasteiger partial charge in [-0.3, -0.25) is 0 Å². The highest BCUT2D eigenvalue weighted by Gasteiger charge is 2.07. The van der Waals surface area contributed by atoms with E-state index in [1.54, 1.807) is 12.1 Å². The number of halogens is 2. The Bertz CT molecular complexity index is 735. The fourth-order valence-corrected chi connectivity index (χ4v) is 2.05. The smallest absolute Gasteiger partial charge is 0.387 e. The molecule has 3 aromatic rings. The van der Waals surface area contributed by atoms with E-state index in [0.717, 1.165) is 22.2 Å². The number of rotatable bonds is 3. The summed E-state index contributed by atoms with van der Waals surface area (Å²) < 4.78 is 28.5. The topological polar surface area (TPSA) is 37.9 Å². The van der Waals surface area contributed by atoms with E-state index in [1.165, 1.54) is 12.1 Å². The van der Waals surface area contributed by atoms with Crippen LogP contribution in [0.2, 0.25) is 0 Å².